The van der Waals surface area contributed by atoms with Gasteiger partial charge < -0.3 is 0 Å². The lowest BCUT2D eigenvalue weighted by molar-refractivity contribution is -0.384. The molecule has 76 valence electrons. The molecule has 0 bridgehead atoms. The first kappa shape index (κ1) is 10.7. The number of benzene rings is 1. The smallest absolute Gasteiger partial charge is 0.258 e. The Hall–Kier alpha value is -1.38. The number of nitro benzene ring substituents is 1. The molecule has 1 aromatic carbocycles. The number of aryl methyl sites for hydroxylation is 1. The molecule has 0 fully saturated rings. The summed E-state index contributed by atoms with van der Waals surface area (Å²) in [5.74, 6) is 0.671. The van der Waals surface area contributed by atoms with Gasteiger partial charge in [0.1, 0.15) is 0 Å². The molecule has 0 amide bonds. The normalized spacial score (nSPS) is 10.5. The van der Waals surface area contributed by atoms with Crippen molar-refractivity contribution in [2.75, 3.05) is 0 Å². The van der Waals surface area contributed by atoms with Crippen LogP contribution in [0.2, 0.25) is 0 Å². The Balaban J connectivity index is 2.60. The van der Waals surface area contributed by atoms with Crippen molar-refractivity contribution in [2.24, 2.45) is 5.92 Å². The van der Waals surface area contributed by atoms with Crippen molar-refractivity contribution >= 4 is 5.69 Å². The molecule has 0 aliphatic heterocycles. The molecule has 14 heavy (non-hydrogen) atoms. The predicted molar refractivity (Wildman–Crippen MR) is 56.3 cm³/mol. The summed E-state index contributed by atoms with van der Waals surface area (Å²) >= 11 is 0. The van der Waals surface area contributed by atoms with Crippen LogP contribution in [0.5, 0.6) is 0 Å². The summed E-state index contributed by atoms with van der Waals surface area (Å²) < 4.78 is 0. The minimum atomic E-state index is -0.369. The van der Waals surface area contributed by atoms with Gasteiger partial charge in [0.15, 0.2) is 0 Å². The zero-order chi connectivity index (χ0) is 10.6. The first-order valence-electron chi connectivity index (χ1n) is 4.83. The highest BCUT2D eigenvalue weighted by atomic mass is 16.6. The van der Waals surface area contributed by atoms with E-state index in [0.29, 0.717) is 5.92 Å². The Bertz CT molecular complexity index is 304. The molecule has 0 spiro atoms. The number of nitrogens with zero attached hydrogens (tertiary/aromatic N) is 1. The van der Waals surface area contributed by atoms with Gasteiger partial charge in [-0.3, -0.25) is 10.1 Å². The molecule has 3 heteroatoms. The molecule has 0 N–H and O–H groups in total. The summed E-state index contributed by atoms with van der Waals surface area (Å²) in [5, 5.41) is 10.4. The minimum Gasteiger partial charge on any atom is -0.258 e. The third-order valence-corrected chi connectivity index (χ3v) is 2.16. The highest BCUT2D eigenvalue weighted by Gasteiger charge is 2.03. The second-order valence-corrected chi connectivity index (χ2v) is 3.86. The molecular formula is C11H15NO2. The first-order valence-corrected chi connectivity index (χ1v) is 4.83. The number of hydrogen-bond acceptors (Lipinski definition) is 2. The van der Waals surface area contributed by atoms with E-state index in [2.05, 4.69) is 13.8 Å². The average molecular weight is 193 g/mol. The van der Waals surface area contributed by atoms with Crippen molar-refractivity contribution in [1.82, 2.24) is 0 Å². The van der Waals surface area contributed by atoms with Gasteiger partial charge in [0.25, 0.3) is 5.69 Å². The van der Waals surface area contributed by atoms with E-state index in [4.69, 9.17) is 0 Å². The number of non-ortho nitro benzene ring substituents is 1. The lowest BCUT2D eigenvalue weighted by atomic mass is 10.0. The maximum absolute atomic E-state index is 10.4. The summed E-state index contributed by atoms with van der Waals surface area (Å²) in [6.07, 6.45) is 2.12. The monoisotopic (exact) mass is 193 g/mol. The fourth-order valence-corrected chi connectivity index (χ4v) is 1.24. The van der Waals surface area contributed by atoms with Crippen molar-refractivity contribution in [3.63, 3.8) is 0 Å². The Kier molecular flexibility index (Phi) is 3.63. The molecule has 0 atom stereocenters. The highest BCUT2D eigenvalue weighted by Crippen LogP contribution is 2.14. The van der Waals surface area contributed by atoms with Crippen LogP contribution in [0.3, 0.4) is 0 Å². The van der Waals surface area contributed by atoms with E-state index in [9.17, 15) is 10.1 Å². The van der Waals surface area contributed by atoms with E-state index in [1.54, 1.807) is 12.1 Å². The van der Waals surface area contributed by atoms with Crippen LogP contribution in [-0.2, 0) is 6.42 Å². The maximum atomic E-state index is 10.4. The minimum absolute atomic E-state index is 0.165. The molecular weight excluding hydrogens is 178 g/mol. The van der Waals surface area contributed by atoms with Gasteiger partial charge in [0, 0.05) is 12.1 Å². The predicted octanol–water partition coefficient (Wildman–Crippen LogP) is 3.18. The molecule has 0 aliphatic carbocycles. The van der Waals surface area contributed by atoms with Gasteiger partial charge in [0.2, 0.25) is 0 Å². The van der Waals surface area contributed by atoms with Crippen LogP contribution in [0.25, 0.3) is 0 Å². The molecule has 3 nitrogen and oxygen atoms in total. The number of hydrogen-bond donors (Lipinski definition) is 0. The molecule has 0 saturated carbocycles. The average Bonchev–Trinajstić information content (AvgIpc) is 2.15. The van der Waals surface area contributed by atoms with Crippen molar-refractivity contribution in [3.05, 3.63) is 39.9 Å². The van der Waals surface area contributed by atoms with E-state index in [1.165, 1.54) is 5.56 Å². The standard InChI is InChI=1S/C11H15NO2/c1-9(2)3-4-10-5-7-11(8-6-10)12(13)14/h5-9H,3-4H2,1-2H3. The summed E-state index contributed by atoms with van der Waals surface area (Å²) in [6, 6.07) is 6.80. The Labute approximate surface area is 83.9 Å². The van der Waals surface area contributed by atoms with E-state index in [1.807, 2.05) is 12.1 Å². The zero-order valence-corrected chi connectivity index (χ0v) is 8.56. The fourth-order valence-electron chi connectivity index (χ4n) is 1.24. The molecule has 0 heterocycles. The van der Waals surface area contributed by atoms with Crippen molar-refractivity contribution in [2.45, 2.75) is 26.7 Å². The zero-order valence-electron chi connectivity index (χ0n) is 8.56. The van der Waals surface area contributed by atoms with Crippen LogP contribution in [-0.4, -0.2) is 4.92 Å². The topological polar surface area (TPSA) is 43.1 Å². The number of rotatable bonds is 4. The van der Waals surface area contributed by atoms with E-state index < -0.39 is 0 Å². The van der Waals surface area contributed by atoms with Crippen molar-refractivity contribution < 1.29 is 4.92 Å². The summed E-state index contributed by atoms with van der Waals surface area (Å²) in [4.78, 5) is 10.0. The summed E-state index contributed by atoms with van der Waals surface area (Å²) in [6.45, 7) is 4.34. The van der Waals surface area contributed by atoms with Crippen LogP contribution >= 0.6 is 0 Å². The number of nitro groups is 1. The van der Waals surface area contributed by atoms with Gasteiger partial charge >= 0.3 is 0 Å². The van der Waals surface area contributed by atoms with Crippen LogP contribution in [0.4, 0.5) is 5.69 Å². The second kappa shape index (κ2) is 4.74. The van der Waals surface area contributed by atoms with E-state index in [-0.39, 0.29) is 10.6 Å². The van der Waals surface area contributed by atoms with E-state index >= 15 is 0 Å². The van der Waals surface area contributed by atoms with Gasteiger partial charge in [-0.05, 0) is 24.3 Å². The molecule has 1 aromatic rings. The Morgan fingerprint density at radius 1 is 1.29 bits per heavy atom. The van der Waals surface area contributed by atoms with Crippen LogP contribution in [0.15, 0.2) is 24.3 Å². The van der Waals surface area contributed by atoms with Gasteiger partial charge in [-0.2, -0.15) is 0 Å². The third-order valence-electron chi connectivity index (χ3n) is 2.16. The highest BCUT2D eigenvalue weighted by molar-refractivity contribution is 5.32. The Morgan fingerprint density at radius 2 is 1.86 bits per heavy atom. The molecule has 1 rings (SSSR count). The molecule has 0 radical (unpaired) electrons. The van der Waals surface area contributed by atoms with Gasteiger partial charge in [0.05, 0.1) is 4.92 Å². The molecule has 0 unspecified atom stereocenters. The largest absolute Gasteiger partial charge is 0.269 e. The first-order chi connectivity index (χ1) is 6.59. The lowest BCUT2D eigenvalue weighted by Crippen LogP contribution is -1.93. The molecule has 0 aliphatic rings. The van der Waals surface area contributed by atoms with E-state index in [0.717, 1.165) is 12.8 Å². The lowest BCUT2D eigenvalue weighted by Gasteiger charge is -2.03. The SMILES string of the molecule is CC(C)CCc1ccc([N+](=O)[O-])cc1. The fraction of sp³-hybridized carbons (Fsp3) is 0.455. The van der Waals surface area contributed by atoms with Crippen LogP contribution in [0, 0.1) is 16.0 Å². The molecule has 0 aromatic heterocycles. The summed E-state index contributed by atoms with van der Waals surface area (Å²) in [7, 11) is 0. The van der Waals surface area contributed by atoms with Crippen LogP contribution in [0.1, 0.15) is 25.8 Å². The third kappa shape index (κ3) is 3.17. The summed E-state index contributed by atoms with van der Waals surface area (Å²) in [5.41, 5.74) is 1.34. The van der Waals surface area contributed by atoms with Crippen LogP contribution < -0.4 is 0 Å². The van der Waals surface area contributed by atoms with Gasteiger partial charge in [-0.25, -0.2) is 0 Å². The second-order valence-electron chi connectivity index (χ2n) is 3.86. The van der Waals surface area contributed by atoms with Gasteiger partial charge in [-0.15, -0.1) is 0 Å². The Morgan fingerprint density at radius 3 is 2.29 bits per heavy atom. The molecule has 0 saturated heterocycles. The quantitative estimate of drug-likeness (QED) is 0.544. The van der Waals surface area contributed by atoms with Crippen molar-refractivity contribution in [1.29, 1.82) is 0 Å². The van der Waals surface area contributed by atoms with Crippen molar-refractivity contribution in [3.8, 4) is 0 Å². The van der Waals surface area contributed by atoms with Gasteiger partial charge in [-0.1, -0.05) is 26.0 Å². The maximum Gasteiger partial charge on any atom is 0.269 e.